The molecule has 0 aliphatic heterocycles. The zero-order chi connectivity index (χ0) is 10.4. The lowest BCUT2D eigenvalue weighted by Crippen LogP contribution is -3.10. The molecule has 0 aromatic heterocycles. The first-order chi connectivity index (χ1) is 6.77. The molecule has 1 atom stereocenters. The van der Waals surface area contributed by atoms with Crippen LogP contribution in [0.15, 0.2) is 28.7 Å². The number of halogens is 3. The third kappa shape index (κ3) is 5.21. The van der Waals surface area contributed by atoms with Crippen LogP contribution in [0.3, 0.4) is 0 Å². The Balaban J connectivity index is 0.00000196. The molecule has 1 N–H and O–H groups in total. The zero-order valence-corrected chi connectivity index (χ0v) is 11.9. The summed E-state index contributed by atoms with van der Waals surface area (Å²) in [6.45, 7) is 5.39. The van der Waals surface area contributed by atoms with Gasteiger partial charge in [-0.15, -0.1) is 11.6 Å². The molecule has 4 heteroatoms. The van der Waals surface area contributed by atoms with Crippen molar-refractivity contribution in [1.29, 1.82) is 0 Å². The van der Waals surface area contributed by atoms with Crippen LogP contribution in [0.2, 0.25) is 0 Å². The van der Waals surface area contributed by atoms with E-state index in [0.717, 1.165) is 25.5 Å². The summed E-state index contributed by atoms with van der Waals surface area (Å²) in [5, 5.41) is 0. The standard InChI is InChI=1S/C11H15BrClN.ClH/c1-2-14(8-7-13)9-10-5-3-4-6-11(10)12;/h3-6H,2,7-9H2,1H3;1H. The summed E-state index contributed by atoms with van der Waals surface area (Å²) in [4.78, 5) is 1.52. The van der Waals surface area contributed by atoms with Gasteiger partial charge in [0, 0.05) is 10.0 Å². The van der Waals surface area contributed by atoms with E-state index in [1.54, 1.807) is 0 Å². The van der Waals surface area contributed by atoms with Crippen LogP contribution in [0.25, 0.3) is 0 Å². The first-order valence-electron chi connectivity index (χ1n) is 4.90. The molecule has 1 aromatic carbocycles. The first-order valence-corrected chi connectivity index (χ1v) is 6.23. The highest BCUT2D eigenvalue weighted by molar-refractivity contribution is 9.10. The van der Waals surface area contributed by atoms with Gasteiger partial charge in [-0.05, 0) is 13.0 Å². The molecule has 0 bridgehead atoms. The largest absolute Gasteiger partial charge is 1.00 e. The van der Waals surface area contributed by atoms with E-state index in [1.807, 2.05) is 6.07 Å². The lowest BCUT2D eigenvalue weighted by atomic mass is 10.2. The predicted octanol–water partition coefficient (Wildman–Crippen LogP) is -0.903. The Labute approximate surface area is 111 Å². The van der Waals surface area contributed by atoms with Crippen molar-refractivity contribution in [3.05, 3.63) is 34.3 Å². The van der Waals surface area contributed by atoms with E-state index in [0.29, 0.717) is 0 Å². The molecule has 1 rings (SSSR count). The lowest BCUT2D eigenvalue weighted by molar-refractivity contribution is -0.909. The van der Waals surface area contributed by atoms with E-state index >= 15 is 0 Å². The van der Waals surface area contributed by atoms with E-state index in [1.165, 1.54) is 14.9 Å². The second-order valence-corrected chi connectivity index (χ2v) is 4.54. The van der Waals surface area contributed by atoms with Gasteiger partial charge in [-0.2, -0.15) is 0 Å². The fourth-order valence-electron chi connectivity index (χ4n) is 1.43. The SMILES string of the molecule is CC[NH+](CCCl)Cc1ccccc1Br.[Cl-]. The summed E-state index contributed by atoms with van der Waals surface area (Å²) in [7, 11) is 0. The molecule has 0 aliphatic rings. The van der Waals surface area contributed by atoms with Gasteiger partial charge in [-0.1, -0.05) is 34.1 Å². The Morgan fingerprint density at radius 1 is 1.33 bits per heavy atom. The smallest absolute Gasteiger partial charge is 0.104 e. The maximum atomic E-state index is 5.75. The zero-order valence-electron chi connectivity index (χ0n) is 8.77. The van der Waals surface area contributed by atoms with E-state index in [9.17, 15) is 0 Å². The van der Waals surface area contributed by atoms with Crippen LogP contribution in [-0.4, -0.2) is 19.0 Å². The van der Waals surface area contributed by atoms with Gasteiger partial charge in [0.05, 0.1) is 19.0 Å². The van der Waals surface area contributed by atoms with Gasteiger partial charge < -0.3 is 17.3 Å². The third-order valence-corrected chi connectivity index (χ3v) is 3.31. The minimum atomic E-state index is 0. The molecule has 0 amide bonds. The second-order valence-electron chi connectivity index (χ2n) is 3.31. The number of alkyl halides is 1. The molecule has 15 heavy (non-hydrogen) atoms. The number of benzene rings is 1. The Morgan fingerprint density at radius 3 is 2.53 bits per heavy atom. The normalized spacial score (nSPS) is 11.9. The van der Waals surface area contributed by atoms with Crippen LogP contribution >= 0.6 is 27.5 Å². The van der Waals surface area contributed by atoms with Gasteiger partial charge >= 0.3 is 0 Å². The highest BCUT2D eigenvalue weighted by atomic mass is 79.9. The molecule has 86 valence electrons. The Kier molecular flexibility index (Phi) is 8.53. The van der Waals surface area contributed by atoms with Crippen molar-refractivity contribution < 1.29 is 17.3 Å². The second kappa shape index (κ2) is 8.40. The monoisotopic (exact) mass is 311 g/mol. The van der Waals surface area contributed by atoms with Crippen molar-refractivity contribution in [2.24, 2.45) is 0 Å². The van der Waals surface area contributed by atoms with Crippen molar-refractivity contribution in [1.82, 2.24) is 0 Å². The van der Waals surface area contributed by atoms with Gasteiger partial charge in [0.1, 0.15) is 6.54 Å². The Morgan fingerprint density at radius 2 is 2.00 bits per heavy atom. The molecule has 0 heterocycles. The Bertz CT molecular complexity index is 281. The third-order valence-electron chi connectivity index (χ3n) is 2.35. The van der Waals surface area contributed by atoms with Crippen LogP contribution in [0.5, 0.6) is 0 Å². The summed E-state index contributed by atoms with van der Waals surface area (Å²) >= 11 is 9.31. The molecular formula is C11H16BrCl2N. The number of rotatable bonds is 5. The van der Waals surface area contributed by atoms with Crippen LogP contribution in [0.4, 0.5) is 0 Å². The van der Waals surface area contributed by atoms with Gasteiger partial charge in [0.25, 0.3) is 0 Å². The summed E-state index contributed by atoms with van der Waals surface area (Å²) in [5.41, 5.74) is 1.36. The molecule has 0 spiro atoms. The quantitative estimate of drug-likeness (QED) is 0.672. The average molecular weight is 313 g/mol. The molecule has 0 saturated carbocycles. The summed E-state index contributed by atoms with van der Waals surface area (Å²) in [5.74, 6) is 0.730. The van der Waals surface area contributed by atoms with E-state index < -0.39 is 0 Å². The predicted molar refractivity (Wildman–Crippen MR) is 64.9 cm³/mol. The number of quaternary nitrogens is 1. The van der Waals surface area contributed by atoms with Gasteiger partial charge in [0.15, 0.2) is 0 Å². The van der Waals surface area contributed by atoms with Gasteiger partial charge in [-0.25, -0.2) is 0 Å². The van der Waals surface area contributed by atoms with E-state index in [2.05, 4.69) is 41.1 Å². The number of hydrogen-bond acceptors (Lipinski definition) is 0. The molecule has 1 nitrogen and oxygen atoms in total. The van der Waals surface area contributed by atoms with E-state index in [-0.39, 0.29) is 12.4 Å². The minimum Gasteiger partial charge on any atom is -1.00 e. The van der Waals surface area contributed by atoms with Gasteiger partial charge in [0.2, 0.25) is 0 Å². The fraction of sp³-hybridized carbons (Fsp3) is 0.455. The van der Waals surface area contributed by atoms with Crippen LogP contribution < -0.4 is 17.3 Å². The minimum absolute atomic E-state index is 0. The summed E-state index contributed by atoms with van der Waals surface area (Å²) in [6, 6.07) is 8.37. The van der Waals surface area contributed by atoms with Crippen molar-refractivity contribution >= 4 is 27.5 Å². The molecule has 0 aliphatic carbocycles. The highest BCUT2D eigenvalue weighted by Gasteiger charge is 2.08. The van der Waals surface area contributed by atoms with Crippen LogP contribution in [-0.2, 0) is 6.54 Å². The number of hydrogen-bond donors (Lipinski definition) is 1. The average Bonchev–Trinajstić information content (AvgIpc) is 2.20. The molecule has 0 radical (unpaired) electrons. The molecule has 1 aromatic rings. The summed E-state index contributed by atoms with van der Waals surface area (Å²) in [6.07, 6.45) is 0. The lowest BCUT2D eigenvalue weighted by Gasteiger charge is -2.16. The van der Waals surface area contributed by atoms with Crippen LogP contribution in [0, 0.1) is 0 Å². The van der Waals surface area contributed by atoms with Crippen molar-refractivity contribution in [3.8, 4) is 0 Å². The molecule has 1 unspecified atom stereocenters. The fourth-order valence-corrected chi connectivity index (χ4v) is 2.13. The van der Waals surface area contributed by atoms with E-state index in [4.69, 9.17) is 11.6 Å². The highest BCUT2D eigenvalue weighted by Crippen LogP contribution is 2.14. The molecule has 0 saturated heterocycles. The maximum Gasteiger partial charge on any atom is 0.104 e. The molecule has 0 fully saturated rings. The van der Waals surface area contributed by atoms with Crippen molar-refractivity contribution in [2.75, 3.05) is 19.0 Å². The number of nitrogens with one attached hydrogen (secondary N) is 1. The topological polar surface area (TPSA) is 4.44 Å². The maximum absolute atomic E-state index is 5.75. The molecular weight excluding hydrogens is 297 g/mol. The Hall–Kier alpha value is 0.240. The van der Waals surface area contributed by atoms with Gasteiger partial charge in [-0.3, -0.25) is 0 Å². The van der Waals surface area contributed by atoms with Crippen LogP contribution in [0.1, 0.15) is 12.5 Å². The van der Waals surface area contributed by atoms with Crippen molar-refractivity contribution in [3.63, 3.8) is 0 Å². The first kappa shape index (κ1) is 15.2. The van der Waals surface area contributed by atoms with Crippen molar-refractivity contribution in [2.45, 2.75) is 13.5 Å². The summed E-state index contributed by atoms with van der Waals surface area (Å²) < 4.78 is 1.19.